The van der Waals surface area contributed by atoms with E-state index in [-0.39, 0.29) is 17.6 Å². The highest BCUT2D eigenvalue weighted by atomic mass is 19.1. The van der Waals surface area contributed by atoms with Crippen LogP contribution in [0.3, 0.4) is 0 Å². The Labute approximate surface area is 206 Å². The Hall–Kier alpha value is -3.40. The zero-order valence-corrected chi connectivity index (χ0v) is 20.1. The van der Waals surface area contributed by atoms with Crippen LogP contribution in [0.25, 0.3) is 22.4 Å². The maximum Gasteiger partial charge on any atom is 0.207 e. The van der Waals surface area contributed by atoms with Gasteiger partial charge in [-0.25, -0.2) is 18.7 Å². The third-order valence-corrected chi connectivity index (χ3v) is 7.61. The van der Waals surface area contributed by atoms with Crippen LogP contribution < -0.4 is 4.90 Å². The van der Waals surface area contributed by atoms with E-state index in [0.29, 0.717) is 41.8 Å². The van der Waals surface area contributed by atoms with Crippen LogP contribution in [-0.4, -0.2) is 49.0 Å². The van der Waals surface area contributed by atoms with E-state index in [9.17, 15) is 8.78 Å². The number of hydrogen-bond donors (Lipinski definition) is 0. The number of nitrogens with zero attached hydrogens (tertiary/aromatic N) is 7. The van der Waals surface area contributed by atoms with Crippen LogP contribution in [-0.2, 0) is 11.8 Å². The second-order valence-corrected chi connectivity index (χ2v) is 10.1. The molecule has 36 heavy (non-hydrogen) atoms. The van der Waals surface area contributed by atoms with Crippen molar-refractivity contribution in [1.29, 1.82) is 0 Å². The Morgan fingerprint density at radius 1 is 1.06 bits per heavy atom. The summed E-state index contributed by atoms with van der Waals surface area (Å²) in [6, 6.07) is 4.13. The van der Waals surface area contributed by atoms with Gasteiger partial charge < -0.3 is 14.2 Å². The van der Waals surface area contributed by atoms with Crippen molar-refractivity contribution in [3.63, 3.8) is 0 Å². The average Bonchev–Trinajstić information content (AvgIpc) is 3.48. The van der Waals surface area contributed by atoms with E-state index in [2.05, 4.69) is 16.2 Å². The third-order valence-electron chi connectivity index (χ3n) is 7.61. The van der Waals surface area contributed by atoms with Gasteiger partial charge >= 0.3 is 0 Å². The molecule has 2 atom stereocenters. The fourth-order valence-corrected chi connectivity index (χ4v) is 5.29. The molecular formula is C26H27F2N7O. The Bertz CT molecular complexity index is 1460. The Balaban J connectivity index is 1.30. The zero-order chi connectivity index (χ0) is 24.4. The lowest BCUT2D eigenvalue weighted by Gasteiger charge is -2.31. The summed E-state index contributed by atoms with van der Waals surface area (Å²) in [6.45, 7) is 2.43. The maximum absolute atomic E-state index is 15.0. The number of aromatic nitrogens is 6. The number of anilines is 1. The van der Waals surface area contributed by atoms with Crippen molar-refractivity contribution >= 4 is 17.1 Å². The van der Waals surface area contributed by atoms with Crippen molar-refractivity contribution in [2.45, 2.75) is 50.2 Å². The van der Waals surface area contributed by atoms with Gasteiger partial charge in [-0.1, -0.05) is 0 Å². The van der Waals surface area contributed by atoms with Gasteiger partial charge in [0.25, 0.3) is 0 Å². The van der Waals surface area contributed by atoms with Gasteiger partial charge in [0.1, 0.15) is 28.7 Å². The lowest BCUT2D eigenvalue weighted by atomic mass is 9.92. The first-order valence-electron chi connectivity index (χ1n) is 12.7. The second-order valence-electron chi connectivity index (χ2n) is 10.1. The molecule has 0 N–H and O–H groups in total. The van der Waals surface area contributed by atoms with Gasteiger partial charge in [-0.3, -0.25) is 4.68 Å². The first-order valence-corrected chi connectivity index (χ1v) is 12.7. The topological polar surface area (TPSA) is 73.9 Å². The van der Waals surface area contributed by atoms with Crippen LogP contribution in [0.5, 0.6) is 0 Å². The van der Waals surface area contributed by atoms with E-state index in [4.69, 9.17) is 19.7 Å². The molecule has 5 heterocycles. The largest absolute Gasteiger partial charge is 0.373 e. The van der Waals surface area contributed by atoms with Crippen LogP contribution in [0, 0.1) is 11.6 Å². The van der Waals surface area contributed by atoms with Crippen molar-refractivity contribution in [2.75, 3.05) is 24.6 Å². The molecule has 2 aliphatic heterocycles. The molecule has 0 amide bonds. The van der Waals surface area contributed by atoms with Gasteiger partial charge in [0, 0.05) is 56.1 Å². The van der Waals surface area contributed by atoms with Crippen LogP contribution >= 0.6 is 0 Å². The summed E-state index contributed by atoms with van der Waals surface area (Å²) in [7, 11) is 1.90. The lowest BCUT2D eigenvalue weighted by Crippen LogP contribution is -2.38. The van der Waals surface area contributed by atoms with Crippen LogP contribution in [0.2, 0.25) is 0 Å². The maximum atomic E-state index is 15.0. The summed E-state index contributed by atoms with van der Waals surface area (Å²) >= 11 is 0. The smallest absolute Gasteiger partial charge is 0.207 e. The van der Waals surface area contributed by atoms with Crippen LogP contribution in [0.4, 0.5) is 14.7 Å². The van der Waals surface area contributed by atoms with Gasteiger partial charge in [-0.2, -0.15) is 10.1 Å². The molecule has 0 radical (unpaired) electrons. The average molecular weight is 492 g/mol. The molecule has 3 aliphatic rings. The number of halogens is 2. The van der Waals surface area contributed by atoms with E-state index < -0.39 is 11.6 Å². The quantitative estimate of drug-likeness (QED) is 0.404. The zero-order valence-electron chi connectivity index (χ0n) is 20.1. The van der Waals surface area contributed by atoms with E-state index in [1.54, 1.807) is 0 Å². The number of ether oxygens (including phenoxy) is 1. The molecule has 3 fully saturated rings. The van der Waals surface area contributed by atoms with E-state index in [0.717, 1.165) is 43.5 Å². The predicted molar refractivity (Wildman–Crippen MR) is 130 cm³/mol. The molecule has 8 nitrogen and oxygen atoms in total. The SMILES string of the molecule is Cn1c(N2CCC2)nc2nc([C@@H]3CCO[C@H](c4cnn(C5CC5)c4)C3)nc(-c3ccc(F)cc3F)c21. The molecule has 4 aromatic rings. The molecule has 1 saturated carbocycles. The first-order chi connectivity index (χ1) is 17.5. The number of aryl methyl sites for hydroxylation is 1. The standard InChI is InChI=1S/C26H27F2N7O/c1-33-23-22(19-6-3-17(27)12-20(19)28)30-24(31-25(23)32-26(33)34-8-2-9-34)15-7-10-36-21(11-15)16-13-29-35(14-16)18-4-5-18/h3,6,12-15,18,21H,2,4-5,7-11H2,1H3/t15-,21+/m1/s1. The highest BCUT2D eigenvalue weighted by Crippen LogP contribution is 2.40. The van der Waals surface area contributed by atoms with Crippen molar-refractivity contribution in [1.82, 2.24) is 29.3 Å². The Morgan fingerprint density at radius 2 is 1.92 bits per heavy atom. The molecule has 10 heteroatoms. The number of rotatable bonds is 5. The van der Waals surface area contributed by atoms with E-state index >= 15 is 0 Å². The first kappa shape index (κ1) is 21.8. The number of hydrogen-bond acceptors (Lipinski definition) is 6. The third kappa shape index (κ3) is 3.66. The summed E-state index contributed by atoms with van der Waals surface area (Å²) < 4.78 is 38.8. The number of benzene rings is 1. The highest BCUT2D eigenvalue weighted by Gasteiger charge is 2.32. The summed E-state index contributed by atoms with van der Waals surface area (Å²) in [6.07, 6.45) is 8.82. The number of imidazole rings is 1. The Kier molecular flexibility index (Phi) is 5.06. The number of fused-ring (bicyclic) bond motifs is 1. The molecule has 186 valence electrons. The highest BCUT2D eigenvalue weighted by molar-refractivity contribution is 5.89. The van der Waals surface area contributed by atoms with E-state index in [1.165, 1.54) is 25.0 Å². The van der Waals surface area contributed by atoms with Crippen molar-refractivity contribution in [2.24, 2.45) is 7.05 Å². The van der Waals surface area contributed by atoms with Gasteiger partial charge in [0.15, 0.2) is 5.65 Å². The summed E-state index contributed by atoms with van der Waals surface area (Å²) in [5.74, 6) is 0.174. The van der Waals surface area contributed by atoms with Crippen molar-refractivity contribution < 1.29 is 13.5 Å². The minimum absolute atomic E-state index is 0.0224. The second kappa shape index (κ2) is 8.33. The summed E-state index contributed by atoms with van der Waals surface area (Å²) in [4.78, 5) is 16.8. The molecular weight excluding hydrogens is 464 g/mol. The summed E-state index contributed by atoms with van der Waals surface area (Å²) in [5.41, 5.74) is 2.94. The van der Waals surface area contributed by atoms with Gasteiger partial charge in [-0.05, 0) is 44.2 Å². The molecule has 2 saturated heterocycles. The van der Waals surface area contributed by atoms with Crippen molar-refractivity contribution in [3.8, 4) is 11.3 Å². The molecule has 0 bridgehead atoms. The Morgan fingerprint density at radius 3 is 2.67 bits per heavy atom. The molecule has 3 aromatic heterocycles. The normalized spacial score (nSPS) is 22.2. The van der Waals surface area contributed by atoms with E-state index in [1.807, 2.05) is 22.5 Å². The van der Waals surface area contributed by atoms with Crippen LogP contribution in [0.1, 0.15) is 61.6 Å². The van der Waals surface area contributed by atoms with Crippen LogP contribution in [0.15, 0.2) is 30.6 Å². The molecule has 0 spiro atoms. The van der Waals surface area contributed by atoms with Gasteiger partial charge in [0.2, 0.25) is 5.95 Å². The van der Waals surface area contributed by atoms with Gasteiger partial charge in [-0.15, -0.1) is 0 Å². The molecule has 0 unspecified atom stereocenters. The fraction of sp³-hybridized carbons (Fsp3) is 0.462. The lowest BCUT2D eigenvalue weighted by molar-refractivity contribution is 0.00396. The predicted octanol–water partition coefficient (Wildman–Crippen LogP) is 4.69. The fourth-order valence-electron chi connectivity index (χ4n) is 5.29. The summed E-state index contributed by atoms with van der Waals surface area (Å²) in [5, 5.41) is 4.52. The molecule has 1 aliphatic carbocycles. The monoisotopic (exact) mass is 491 g/mol. The molecule has 7 rings (SSSR count). The minimum Gasteiger partial charge on any atom is -0.373 e. The van der Waals surface area contributed by atoms with Gasteiger partial charge in [0.05, 0.1) is 18.3 Å². The molecule has 1 aromatic carbocycles. The van der Waals surface area contributed by atoms with Crippen molar-refractivity contribution in [3.05, 3.63) is 53.6 Å². The minimum atomic E-state index is -0.648.